The summed E-state index contributed by atoms with van der Waals surface area (Å²) in [6.07, 6.45) is 3.55. The van der Waals surface area contributed by atoms with Gasteiger partial charge in [-0.05, 0) is 37.5 Å². The highest BCUT2D eigenvalue weighted by Gasteiger charge is 2.25. The molecule has 0 aromatic heterocycles. The van der Waals surface area contributed by atoms with Crippen molar-refractivity contribution in [2.24, 2.45) is 11.7 Å². The molecule has 1 fully saturated rings. The molecule has 1 aliphatic carbocycles. The quantitative estimate of drug-likeness (QED) is 0.740. The average Bonchev–Trinajstić information content (AvgIpc) is 2.41. The van der Waals surface area contributed by atoms with Gasteiger partial charge in [0.1, 0.15) is 0 Å². The predicted octanol–water partition coefficient (Wildman–Crippen LogP) is 3.29. The Kier molecular flexibility index (Phi) is 7.32. The second-order valence-electron chi connectivity index (χ2n) is 5.48. The number of hydrogen-bond acceptors (Lipinski definition) is 3. The molecule has 0 radical (unpaired) electrons. The molecule has 2 rings (SSSR count). The third-order valence-electron chi connectivity index (χ3n) is 3.64. The first-order chi connectivity index (χ1) is 9.95. The molecular weight excluding hydrogens is 370 g/mol. The minimum Gasteiger partial charge on any atom is -0.328 e. The van der Waals surface area contributed by atoms with Crippen molar-refractivity contribution in [1.29, 1.82) is 0 Å². The Bertz CT molecular complexity index is 554. The van der Waals surface area contributed by atoms with E-state index < -0.39 is 0 Å². The van der Waals surface area contributed by atoms with Crippen LogP contribution in [0, 0.1) is 5.92 Å². The summed E-state index contributed by atoms with van der Waals surface area (Å²) >= 11 is 3.37. The van der Waals surface area contributed by atoms with Gasteiger partial charge in [0.15, 0.2) is 0 Å². The Balaban J connectivity index is 0.00000242. The van der Waals surface area contributed by atoms with Crippen LogP contribution in [-0.2, 0) is 9.59 Å². The molecule has 0 heterocycles. The summed E-state index contributed by atoms with van der Waals surface area (Å²) in [4.78, 5) is 23.6. The van der Waals surface area contributed by atoms with Gasteiger partial charge in [-0.1, -0.05) is 22.4 Å². The lowest BCUT2D eigenvalue weighted by atomic mass is 9.85. The minimum absolute atomic E-state index is 0. The van der Waals surface area contributed by atoms with Crippen molar-refractivity contribution < 1.29 is 9.59 Å². The van der Waals surface area contributed by atoms with E-state index in [4.69, 9.17) is 5.73 Å². The molecule has 122 valence electrons. The van der Waals surface area contributed by atoms with Crippen molar-refractivity contribution in [3.8, 4) is 0 Å². The Morgan fingerprint density at radius 1 is 1.23 bits per heavy atom. The molecule has 1 aromatic rings. The van der Waals surface area contributed by atoms with E-state index in [1.165, 1.54) is 6.92 Å². The van der Waals surface area contributed by atoms with E-state index in [1.54, 1.807) is 12.1 Å². The summed E-state index contributed by atoms with van der Waals surface area (Å²) < 4.78 is 0.840. The first kappa shape index (κ1) is 18.9. The van der Waals surface area contributed by atoms with E-state index >= 15 is 0 Å². The molecule has 0 saturated heterocycles. The molecule has 1 aromatic carbocycles. The maximum atomic E-state index is 12.4. The van der Waals surface area contributed by atoms with E-state index in [-0.39, 0.29) is 36.2 Å². The van der Waals surface area contributed by atoms with Crippen LogP contribution in [0.2, 0.25) is 0 Å². The van der Waals surface area contributed by atoms with Gasteiger partial charge >= 0.3 is 0 Å². The third-order valence-corrected chi connectivity index (χ3v) is 4.13. The van der Waals surface area contributed by atoms with E-state index in [9.17, 15) is 9.59 Å². The van der Waals surface area contributed by atoms with Gasteiger partial charge in [0.2, 0.25) is 11.8 Å². The van der Waals surface area contributed by atoms with E-state index in [0.717, 1.165) is 30.2 Å². The van der Waals surface area contributed by atoms with Gasteiger partial charge in [-0.2, -0.15) is 0 Å². The van der Waals surface area contributed by atoms with Crippen molar-refractivity contribution >= 4 is 51.5 Å². The smallest absolute Gasteiger partial charge is 0.227 e. The summed E-state index contributed by atoms with van der Waals surface area (Å²) in [5.41, 5.74) is 7.13. The fourth-order valence-corrected chi connectivity index (χ4v) is 2.98. The van der Waals surface area contributed by atoms with E-state index in [0.29, 0.717) is 11.4 Å². The number of benzene rings is 1. The summed E-state index contributed by atoms with van der Waals surface area (Å²) in [6, 6.07) is 5.46. The zero-order chi connectivity index (χ0) is 15.4. The molecule has 2 unspecified atom stereocenters. The zero-order valence-electron chi connectivity index (χ0n) is 12.4. The predicted molar refractivity (Wildman–Crippen MR) is 94.3 cm³/mol. The number of anilines is 2. The second-order valence-corrected chi connectivity index (χ2v) is 6.40. The maximum absolute atomic E-state index is 12.4. The van der Waals surface area contributed by atoms with Crippen LogP contribution in [0.15, 0.2) is 22.7 Å². The van der Waals surface area contributed by atoms with Gasteiger partial charge in [-0.15, -0.1) is 12.4 Å². The van der Waals surface area contributed by atoms with Gasteiger partial charge in [0.05, 0.1) is 11.4 Å². The lowest BCUT2D eigenvalue weighted by molar-refractivity contribution is -0.121. The molecule has 2 atom stereocenters. The molecule has 0 spiro atoms. The van der Waals surface area contributed by atoms with Crippen LogP contribution in [0.5, 0.6) is 0 Å². The number of nitrogens with two attached hydrogens (primary N) is 1. The van der Waals surface area contributed by atoms with Crippen LogP contribution in [0.25, 0.3) is 0 Å². The number of hydrogen-bond donors (Lipinski definition) is 3. The highest BCUT2D eigenvalue weighted by Crippen LogP contribution is 2.29. The fraction of sp³-hybridized carbons (Fsp3) is 0.467. The Labute approximate surface area is 144 Å². The van der Waals surface area contributed by atoms with Crippen LogP contribution >= 0.6 is 28.3 Å². The molecule has 22 heavy (non-hydrogen) atoms. The monoisotopic (exact) mass is 389 g/mol. The van der Waals surface area contributed by atoms with Gasteiger partial charge in [-0.3, -0.25) is 9.59 Å². The molecule has 1 aliphatic rings. The normalized spacial score (nSPS) is 20.7. The van der Waals surface area contributed by atoms with Crippen molar-refractivity contribution in [3.63, 3.8) is 0 Å². The van der Waals surface area contributed by atoms with Crippen LogP contribution in [0.4, 0.5) is 11.4 Å². The number of carbonyl (C=O) groups is 2. The lowest BCUT2D eigenvalue weighted by Gasteiger charge is -2.26. The fourth-order valence-electron chi connectivity index (χ4n) is 2.62. The molecule has 4 N–H and O–H groups in total. The topological polar surface area (TPSA) is 84.2 Å². The third kappa shape index (κ3) is 5.26. The minimum atomic E-state index is -0.174. The number of nitrogens with one attached hydrogen (secondary N) is 2. The number of rotatable bonds is 3. The van der Waals surface area contributed by atoms with E-state index in [2.05, 4.69) is 26.6 Å². The van der Waals surface area contributed by atoms with E-state index in [1.807, 2.05) is 6.07 Å². The first-order valence-corrected chi connectivity index (χ1v) is 7.88. The Morgan fingerprint density at radius 2 is 1.95 bits per heavy atom. The number of carbonyl (C=O) groups excluding carboxylic acids is 2. The molecule has 5 nitrogen and oxygen atoms in total. The SMILES string of the molecule is CC(=O)Nc1ccc(Br)cc1NC(=O)C1CCCC(N)C1.Cl. The molecule has 7 heteroatoms. The standard InChI is InChI=1S/C15H20BrN3O2.ClH/c1-9(20)18-13-6-5-11(16)8-14(13)19-15(21)10-3-2-4-12(17)7-10;/h5-6,8,10,12H,2-4,7,17H2,1H3,(H,18,20)(H,19,21);1H. The van der Waals surface area contributed by atoms with Gasteiger partial charge < -0.3 is 16.4 Å². The van der Waals surface area contributed by atoms with Gasteiger partial charge in [-0.25, -0.2) is 0 Å². The maximum Gasteiger partial charge on any atom is 0.227 e. The second kappa shape index (κ2) is 8.50. The molecular formula is C15H21BrClN3O2. The molecule has 1 saturated carbocycles. The highest BCUT2D eigenvalue weighted by molar-refractivity contribution is 9.10. The van der Waals surface area contributed by atoms with Crippen molar-refractivity contribution in [3.05, 3.63) is 22.7 Å². The van der Waals surface area contributed by atoms with Crippen LogP contribution in [-0.4, -0.2) is 17.9 Å². The molecule has 0 aliphatic heterocycles. The van der Waals surface area contributed by atoms with Crippen molar-refractivity contribution in [2.75, 3.05) is 10.6 Å². The van der Waals surface area contributed by atoms with Crippen LogP contribution < -0.4 is 16.4 Å². The summed E-state index contributed by atoms with van der Waals surface area (Å²) in [5.74, 6) is -0.264. The summed E-state index contributed by atoms with van der Waals surface area (Å²) in [7, 11) is 0. The Hall–Kier alpha value is -1.11. The van der Waals surface area contributed by atoms with Crippen LogP contribution in [0.1, 0.15) is 32.6 Å². The summed E-state index contributed by atoms with van der Waals surface area (Å²) in [5, 5.41) is 5.63. The Morgan fingerprint density at radius 3 is 2.59 bits per heavy atom. The van der Waals surface area contributed by atoms with Crippen molar-refractivity contribution in [1.82, 2.24) is 0 Å². The zero-order valence-corrected chi connectivity index (χ0v) is 14.8. The lowest BCUT2D eigenvalue weighted by Crippen LogP contribution is -2.34. The van der Waals surface area contributed by atoms with Gasteiger partial charge in [0, 0.05) is 23.4 Å². The average molecular weight is 391 g/mol. The highest BCUT2D eigenvalue weighted by atomic mass is 79.9. The molecule has 0 bridgehead atoms. The van der Waals surface area contributed by atoms with Gasteiger partial charge in [0.25, 0.3) is 0 Å². The van der Waals surface area contributed by atoms with Crippen LogP contribution in [0.3, 0.4) is 0 Å². The largest absolute Gasteiger partial charge is 0.328 e. The number of halogens is 2. The molecule has 2 amide bonds. The first-order valence-electron chi connectivity index (χ1n) is 7.09. The van der Waals surface area contributed by atoms with Crippen molar-refractivity contribution in [2.45, 2.75) is 38.6 Å². The number of amides is 2. The summed E-state index contributed by atoms with van der Waals surface area (Å²) in [6.45, 7) is 1.44.